The number of carbonyl (C=O) groups excluding carboxylic acids is 1. The Balaban J connectivity index is 2.14. The molecule has 1 fully saturated rings. The summed E-state index contributed by atoms with van der Waals surface area (Å²) in [6.07, 6.45) is 0.804. The number of hydrogen-bond donors (Lipinski definition) is 4. The minimum atomic E-state index is -1.37. The number of hydrogen-bond acceptors (Lipinski definition) is 7. The van der Waals surface area contributed by atoms with E-state index in [0.717, 1.165) is 19.4 Å². The summed E-state index contributed by atoms with van der Waals surface area (Å²) < 4.78 is 5.78. The van der Waals surface area contributed by atoms with Gasteiger partial charge in [-0.05, 0) is 26.6 Å². The lowest BCUT2D eigenvalue weighted by atomic mass is 9.93. The minimum absolute atomic E-state index is 0.224. The monoisotopic (exact) mass is 422 g/mol. The first-order valence-corrected chi connectivity index (χ1v) is 11.0. The molecule has 0 aromatic rings. The summed E-state index contributed by atoms with van der Waals surface area (Å²) >= 11 is 7.52. The molecule has 0 saturated carbocycles. The first kappa shape index (κ1) is 22.9. The molecule has 156 valence electrons. The van der Waals surface area contributed by atoms with Crippen molar-refractivity contribution in [1.29, 1.82) is 0 Å². The normalized spacial score (nSPS) is 37.0. The highest BCUT2D eigenvalue weighted by Gasteiger charge is 2.48. The van der Waals surface area contributed by atoms with Crippen LogP contribution in [0.2, 0.25) is 0 Å². The van der Waals surface area contributed by atoms with Crippen molar-refractivity contribution in [3.63, 3.8) is 0 Å². The van der Waals surface area contributed by atoms with Gasteiger partial charge in [-0.25, -0.2) is 0 Å². The van der Waals surface area contributed by atoms with Crippen molar-refractivity contribution < 1.29 is 24.9 Å². The Morgan fingerprint density at radius 1 is 1.41 bits per heavy atom. The lowest BCUT2D eigenvalue weighted by Crippen LogP contribution is -2.65. The van der Waals surface area contributed by atoms with Crippen LogP contribution in [0.3, 0.4) is 0 Å². The molecule has 9 heteroatoms. The average molecular weight is 423 g/mol. The van der Waals surface area contributed by atoms with Crippen LogP contribution in [0.4, 0.5) is 0 Å². The molecule has 27 heavy (non-hydrogen) atoms. The molecule has 8 atom stereocenters. The topological polar surface area (TPSA) is 102 Å². The molecule has 1 saturated heterocycles. The van der Waals surface area contributed by atoms with Gasteiger partial charge in [0.2, 0.25) is 5.91 Å². The lowest BCUT2D eigenvalue weighted by Gasteiger charge is -2.44. The van der Waals surface area contributed by atoms with Crippen LogP contribution in [-0.4, -0.2) is 93.3 Å². The molecule has 0 aromatic heterocycles. The third-order valence-corrected chi connectivity index (χ3v) is 6.28. The van der Waals surface area contributed by atoms with Crippen LogP contribution in [0.5, 0.6) is 0 Å². The van der Waals surface area contributed by atoms with E-state index in [-0.39, 0.29) is 5.91 Å². The molecule has 0 unspecified atom stereocenters. The third kappa shape index (κ3) is 5.18. The Bertz CT molecular complexity index is 548. The quantitative estimate of drug-likeness (QED) is 0.346. The molecule has 2 rings (SSSR count). The van der Waals surface area contributed by atoms with Crippen LogP contribution < -0.4 is 5.32 Å². The fourth-order valence-electron chi connectivity index (χ4n) is 3.65. The summed E-state index contributed by atoms with van der Waals surface area (Å²) in [5, 5.41) is 32.9. The number of carbonyl (C=O) groups is 1. The van der Waals surface area contributed by atoms with Crippen LogP contribution in [-0.2, 0) is 9.53 Å². The molecule has 2 aliphatic heterocycles. The van der Waals surface area contributed by atoms with Gasteiger partial charge >= 0.3 is 0 Å². The Hall–Kier alpha value is -0.350. The maximum Gasteiger partial charge on any atom is 0.241 e. The Kier molecular flexibility index (Phi) is 8.42. The largest absolute Gasteiger partial charge is 0.388 e. The van der Waals surface area contributed by atoms with Crippen LogP contribution in [0.25, 0.3) is 0 Å². The van der Waals surface area contributed by atoms with Gasteiger partial charge in [-0.15, -0.1) is 23.4 Å². The highest BCUT2D eigenvalue weighted by Crippen LogP contribution is 2.30. The third-order valence-electron chi connectivity index (χ3n) is 5.16. The molecule has 0 bridgehead atoms. The van der Waals surface area contributed by atoms with E-state index in [9.17, 15) is 20.1 Å². The number of likely N-dealkylation sites (N-methyl/N-ethyl adjacent to an activating group) is 1. The van der Waals surface area contributed by atoms with Gasteiger partial charge in [-0.2, -0.15) is 0 Å². The van der Waals surface area contributed by atoms with Gasteiger partial charge < -0.3 is 25.4 Å². The molecule has 0 aliphatic carbocycles. The van der Waals surface area contributed by atoms with Gasteiger partial charge in [0, 0.05) is 6.54 Å². The molecule has 4 N–H and O–H groups in total. The lowest BCUT2D eigenvalue weighted by molar-refractivity contribution is -0.205. The molecular weight excluding hydrogens is 392 g/mol. The number of nitrogens with zero attached hydrogens (tertiary/aromatic N) is 1. The minimum Gasteiger partial charge on any atom is -0.388 e. The fourth-order valence-corrected chi connectivity index (χ4v) is 4.54. The summed E-state index contributed by atoms with van der Waals surface area (Å²) in [6.45, 7) is 4.54. The van der Waals surface area contributed by atoms with Crippen molar-refractivity contribution in [2.75, 3.05) is 19.8 Å². The number of thioether (sulfide) groups is 1. The number of alkyl halides is 1. The predicted molar refractivity (Wildman–Crippen MR) is 107 cm³/mol. The molecule has 1 amide bonds. The van der Waals surface area contributed by atoms with E-state index >= 15 is 0 Å². The number of rotatable bonds is 7. The van der Waals surface area contributed by atoms with Gasteiger partial charge in [0.05, 0.1) is 11.4 Å². The Morgan fingerprint density at radius 2 is 2.07 bits per heavy atom. The summed E-state index contributed by atoms with van der Waals surface area (Å²) in [5.74, 6) is -0.224. The molecule has 7 nitrogen and oxygen atoms in total. The van der Waals surface area contributed by atoms with Crippen molar-refractivity contribution in [2.45, 2.75) is 74.0 Å². The molecule has 2 heterocycles. The second kappa shape index (κ2) is 9.91. The highest BCUT2D eigenvalue weighted by atomic mass is 35.5. The maximum atomic E-state index is 12.9. The van der Waals surface area contributed by atoms with E-state index in [1.165, 1.54) is 17.3 Å². The first-order valence-electron chi connectivity index (χ1n) is 9.27. The fraction of sp³-hybridized carbons (Fsp3) is 0.833. The zero-order chi connectivity index (χ0) is 20.3. The smallest absolute Gasteiger partial charge is 0.241 e. The average Bonchev–Trinajstić information content (AvgIpc) is 2.99. The van der Waals surface area contributed by atoms with Crippen molar-refractivity contribution in [1.82, 2.24) is 10.2 Å². The second-order valence-corrected chi connectivity index (χ2v) is 8.95. The van der Waals surface area contributed by atoms with Gasteiger partial charge in [0.25, 0.3) is 0 Å². The number of amides is 1. The van der Waals surface area contributed by atoms with Crippen LogP contribution in [0, 0.1) is 0 Å². The summed E-state index contributed by atoms with van der Waals surface area (Å²) in [6, 6.07) is -1.12. The maximum absolute atomic E-state index is 12.9. The van der Waals surface area contributed by atoms with Gasteiger partial charge in [0.15, 0.2) is 0 Å². The van der Waals surface area contributed by atoms with Gasteiger partial charge in [0.1, 0.15) is 35.9 Å². The van der Waals surface area contributed by atoms with E-state index in [4.69, 9.17) is 16.3 Å². The number of nitrogens with one attached hydrogen (secondary N) is 1. The van der Waals surface area contributed by atoms with E-state index < -0.39 is 47.3 Å². The number of ether oxygens (including phenoxy) is 1. The summed E-state index contributed by atoms with van der Waals surface area (Å²) in [4.78, 5) is 14.8. The SMILES string of the molecule is CCCC1=C[C@H](C(=O)N[C@@H]([C@@H]2O[C@H](SC)[C@@H](O)[C@H](O)[C@H]2O)[C@H](C)Cl)N(C)C1. The van der Waals surface area contributed by atoms with Gasteiger partial charge in [-0.1, -0.05) is 25.0 Å². The standard InChI is InChI=1S/C18H31ClN2O5S/c1-5-6-10-7-11(21(3)8-10)17(25)20-12(9(2)19)16-14(23)13(22)15(24)18(26-16)27-4/h7,9,11-16,18,22-24H,5-6,8H2,1-4H3,(H,20,25)/t9-,11+,12+,13+,14+,15-,16-,18+/m0/s1. The number of aliphatic hydroxyl groups excluding tert-OH is 3. The summed E-state index contributed by atoms with van der Waals surface area (Å²) in [5.41, 5.74) is 0.513. The van der Waals surface area contributed by atoms with E-state index in [1.54, 1.807) is 13.2 Å². The van der Waals surface area contributed by atoms with Crippen molar-refractivity contribution in [3.05, 3.63) is 11.6 Å². The Morgan fingerprint density at radius 3 is 2.63 bits per heavy atom. The molecule has 0 aromatic carbocycles. The van der Waals surface area contributed by atoms with Crippen LogP contribution in [0.15, 0.2) is 11.6 Å². The van der Waals surface area contributed by atoms with E-state index in [0.29, 0.717) is 0 Å². The van der Waals surface area contributed by atoms with Crippen LogP contribution in [0.1, 0.15) is 26.7 Å². The zero-order valence-electron chi connectivity index (χ0n) is 16.2. The molecule has 0 spiro atoms. The zero-order valence-corrected chi connectivity index (χ0v) is 17.8. The van der Waals surface area contributed by atoms with Crippen molar-refractivity contribution >= 4 is 29.3 Å². The molecule has 0 radical (unpaired) electrons. The second-order valence-electron chi connectivity index (χ2n) is 7.32. The van der Waals surface area contributed by atoms with Crippen molar-refractivity contribution in [3.8, 4) is 0 Å². The molecular formula is C18H31ClN2O5S. The van der Waals surface area contributed by atoms with Gasteiger partial charge in [-0.3, -0.25) is 9.69 Å². The van der Waals surface area contributed by atoms with E-state index in [1.807, 2.05) is 18.0 Å². The Labute approximate surface area is 170 Å². The number of halogens is 1. The number of aliphatic hydroxyl groups is 3. The summed E-state index contributed by atoms with van der Waals surface area (Å²) in [7, 11) is 1.89. The van der Waals surface area contributed by atoms with Crippen molar-refractivity contribution in [2.24, 2.45) is 0 Å². The predicted octanol–water partition coefficient (Wildman–Crippen LogP) is 0.310. The highest BCUT2D eigenvalue weighted by molar-refractivity contribution is 7.99. The van der Waals surface area contributed by atoms with Crippen LogP contribution >= 0.6 is 23.4 Å². The first-order chi connectivity index (χ1) is 12.7. The van der Waals surface area contributed by atoms with E-state index in [2.05, 4.69) is 12.2 Å². The molecule has 2 aliphatic rings.